The zero-order valence-electron chi connectivity index (χ0n) is 20.8. The Bertz CT molecular complexity index is 1020. The zero-order valence-corrected chi connectivity index (χ0v) is 21.7. The van der Waals surface area contributed by atoms with Gasteiger partial charge in [0.15, 0.2) is 0 Å². The van der Waals surface area contributed by atoms with E-state index in [1.807, 2.05) is 0 Å². The smallest absolute Gasteiger partial charge is 0.00192 e. The third kappa shape index (κ3) is 6.95. The van der Waals surface area contributed by atoms with Crippen molar-refractivity contribution in [3.05, 3.63) is 119 Å². The first-order valence-corrected chi connectivity index (χ1v) is 12.3. The van der Waals surface area contributed by atoms with Crippen LogP contribution in [0.3, 0.4) is 0 Å². The summed E-state index contributed by atoms with van der Waals surface area (Å²) in [6.07, 6.45) is 8.00. The van der Waals surface area contributed by atoms with Gasteiger partial charge in [-0.2, -0.15) is 0 Å². The van der Waals surface area contributed by atoms with Crippen LogP contribution in [0.25, 0.3) is 11.6 Å². The van der Waals surface area contributed by atoms with E-state index in [0.29, 0.717) is 0 Å². The van der Waals surface area contributed by atoms with Gasteiger partial charge in [-0.25, -0.2) is 0 Å². The average molecular weight is 472 g/mol. The Hall–Kier alpha value is -2.61. The van der Waals surface area contributed by atoms with E-state index in [4.69, 9.17) is 0 Å². The fourth-order valence-corrected chi connectivity index (χ4v) is 4.65. The predicted molar refractivity (Wildman–Crippen MR) is 151 cm³/mol. The summed E-state index contributed by atoms with van der Waals surface area (Å²) in [6, 6.07) is 30.8. The zero-order chi connectivity index (χ0) is 23.1. The molecule has 0 radical (unpaired) electrons. The van der Waals surface area contributed by atoms with Gasteiger partial charge in [0.25, 0.3) is 0 Å². The second kappa shape index (κ2) is 12.2. The second-order valence-corrected chi connectivity index (χ2v) is 10.1. The van der Waals surface area contributed by atoms with Crippen molar-refractivity contribution in [2.45, 2.75) is 45.4 Å². The lowest BCUT2D eigenvalue weighted by atomic mass is 9.87. The molecule has 2 heteroatoms. The maximum Gasteiger partial charge on any atom is 0.00192 e. The molecule has 4 rings (SSSR count). The van der Waals surface area contributed by atoms with Gasteiger partial charge < -0.3 is 4.90 Å². The van der Waals surface area contributed by atoms with Gasteiger partial charge in [0.2, 0.25) is 0 Å². The molecule has 34 heavy (non-hydrogen) atoms. The molecule has 0 unspecified atom stereocenters. The van der Waals surface area contributed by atoms with Gasteiger partial charge in [0.1, 0.15) is 0 Å². The summed E-state index contributed by atoms with van der Waals surface area (Å²) in [7, 11) is 0. The molecule has 1 heterocycles. The van der Waals surface area contributed by atoms with E-state index in [1.54, 1.807) is 5.57 Å². The minimum atomic E-state index is 0. The second-order valence-electron chi connectivity index (χ2n) is 10.1. The molecule has 1 fully saturated rings. The Labute approximate surface area is 212 Å². The van der Waals surface area contributed by atoms with Gasteiger partial charge in [-0.15, -0.1) is 12.4 Å². The van der Waals surface area contributed by atoms with Crippen molar-refractivity contribution in [3.8, 4) is 0 Å². The number of halogens is 1. The molecule has 1 nitrogen and oxygen atoms in total. The summed E-state index contributed by atoms with van der Waals surface area (Å²) < 4.78 is 0. The van der Waals surface area contributed by atoms with Gasteiger partial charge in [-0.05, 0) is 52.5 Å². The molecule has 0 saturated carbocycles. The van der Waals surface area contributed by atoms with Crippen molar-refractivity contribution in [1.82, 2.24) is 4.90 Å². The van der Waals surface area contributed by atoms with Crippen LogP contribution >= 0.6 is 12.4 Å². The van der Waals surface area contributed by atoms with Crippen molar-refractivity contribution in [2.75, 3.05) is 19.6 Å². The molecular weight excluding hydrogens is 434 g/mol. The van der Waals surface area contributed by atoms with Crippen molar-refractivity contribution in [2.24, 2.45) is 0 Å². The Kier molecular flexibility index (Phi) is 9.33. The van der Waals surface area contributed by atoms with Crippen LogP contribution in [0.1, 0.15) is 62.3 Å². The summed E-state index contributed by atoms with van der Waals surface area (Å²) in [4.78, 5) is 2.62. The van der Waals surface area contributed by atoms with E-state index in [9.17, 15) is 0 Å². The van der Waals surface area contributed by atoms with Crippen LogP contribution in [0.15, 0.2) is 96.6 Å². The lowest BCUT2D eigenvalue weighted by Gasteiger charge is -2.30. The van der Waals surface area contributed by atoms with Crippen molar-refractivity contribution in [1.29, 1.82) is 0 Å². The molecule has 1 aliphatic heterocycles. The minimum Gasteiger partial charge on any atom is -0.302 e. The Morgan fingerprint density at radius 1 is 0.765 bits per heavy atom. The van der Waals surface area contributed by atoms with Crippen LogP contribution in [-0.4, -0.2) is 24.5 Å². The number of hydrogen-bond acceptors (Lipinski definition) is 1. The van der Waals surface area contributed by atoms with Crippen LogP contribution in [0, 0.1) is 0 Å². The molecule has 0 atom stereocenters. The van der Waals surface area contributed by atoms with Crippen LogP contribution in [0.5, 0.6) is 0 Å². The van der Waals surface area contributed by atoms with E-state index in [2.05, 4.69) is 123 Å². The SMILES string of the molecule is CC(C)(C)c1ccc(/C=C/CCN2CCC(=C(c3ccccc3)c3ccccc3)CC2)cc1.Cl. The first-order chi connectivity index (χ1) is 16.0. The number of piperidine rings is 1. The van der Waals surface area contributed by atoms with Gasteiger partial charge >= 0.3 is 0 Å². The monoisotopic (exact) mass is 471 g/mol. The molecule has 0 amide bonds. The fourth-order valence-electron chi connectivity index (χ4n) is 4.65. The molecule has 3 aromatic carbocycles. The highest BCUT2D eigenvalue weighted by atomic mass is 35.5. The molecule has 0 bridgehead atoms. The molecule has 0 N–H and O–H groups in total. The lowest BCUT2D eigenvalue weighted by Crippen LogP contribution is -2.31. The number of hydrogen-bond donors (Lipinski definition) is 0. The molecule has 1 saturated heterocycles. The quantitative estimate of drug-likeness (QED) is 0.348. The third-order valence-corrected chi connectivity index (χ3v) is 6.64. The van der Waals surface area contributed by atoms with Gasteiger partial charge in [-0.1, -0.05) is 123 Å². The van der Waals surface area contributed by atoms with E-state index >= 15 is 0 Å². The van der Waals surface area contributed by atoms with Crippen LogP contribution in [-0.2, 0) is 5.41 Å². The predicted octanol–water partition coefficient (Wildman–Crippen LogP) is 8.41. The first kappa shape index (κ1) is 26.0. The fraction of sp³-hybridized carbons (Fsp3) is 0.312. The molecule has 178 valence electrons. The number of rotatable bonds is 6. The normalized spacial score (nSPS) is 14.7. The molecular formula is C32H38ClN. The minimum absolute atomic E-state index is 0. The summed E-state index contributed by atoms with van der Waals surface area (Å²) >= 11 is 0. The van der Waals surface area contributed by atoms with Crippen LogP contribution < -0.4 is 0 Å². The van der Waals surface area contributed by atoms with E-state index in [-0.39, 0.29) is 17.8 Å². The largest absolute Gasteiger partial charge is 0.302 e. The number of likely N-dealkylation sites (tertiary alicyclic amines) is 1. The maximum absolute atomic E-state index is 2.62. The molecule has 1 aliphatic rings. The number of benzene rings is 3. The van der Waals surface area contributed by atoms with E-state index in [0.717, 1.165) is 38.9 Å². The molecule has 0 aliphatic carbocycles. The molecule has 3 aromatic rings. The van der Waals surface area contributed by atoms with Crippen molar-refractivity contribution in [3.63, 3.8) is 0 Å². The topological polar surface area (TPSA) is 3.24 Å². The summed E-state index contributed by atoms with van der Waals surface area (Å²) in [5, 5.41) is 0. The van der Waals surface area contributed by atoms with Crippen LogP contribution in [0.2, 0.25) is 0 Å². The van der Waals surface area contributed by atoms with Gasteiger partial charge in [-0.3, -0.25) is 0 Å². The summed E-state index contributed by atoms with van der Waals surface area (Å²) in [5.41, 5.74) is 8.61. The average Bonchev–Trinajstić information content (AvgIpc) is 2.84. The van der Waals surface area contributed by atoms with Crippen molar-refractivity contribution >= 4 is 24.1 Å². The van der Waals surface area contributed by atoms with Gasteiger partial charge in [0, 0.05) is 19.6 Å². The Morgan fingerprint density at radius 2 is 1.29 bits per heavy atom. The first-order valence-electron chi connectivity index (χ1n) is 12.3. The Balaban J connectivity index is 0.00000324. The molecule has 0 aromatic heterocycles. The Morgan fingerprint density at radius 3 is 1.79 bits per heavy atom. The lowest BCUT2D eigenvalue weighted by molar-refractivity contribution is 0.262. The van der Waals surface area contributed by atoms with Crippen molar-refractivity contribution < 1.29 is 0 Å². The summed E-state index contributed by atoms with van der Waals surface area (Å²) in [5.74, 6) is 0. The standard InChI is InChI=1S/C32H37N.ClH/c1-32(2,3)30-19-17-26(18-20-30)12-10-11-23-33-24-21-29(22-25-33)31(27-13-6-4-7-14-27)28-15-8-5-9-16-28;/h4-10,12-20H,11,21-25H2,1-3H3;1H/b12-10+;. The highest BCUT2D eigenvalue weighted by Gasteiger charge is 2.18. The number of nitrogens with zero attached hydrogens (tertiary/aromatic N) is 1. The highest BCUT2D eigenvalue weighted by Crippen LogP contribution is 2.32. The highest BCUT2D eigenvalue weighted by molar-refractivity contribution is 5.85. The van der Waals surface area contributed by atoms with E-state index in [1.165, 1.54) is 27.8 Å². The summed E-state index contributed by atoms with van der Waals surface area (Å²) in [6.45, 7) is 10.2. The molecule has 0 spiro atoms. The van der Waals surface area contributed by atoms with E-state index < -0.39 is 0 Å². The van der Waals surface area contributed by atoms with Crippen LogP contribution in [0.4, 0.5) is 0 Å². The maximum atomic E-state index is 2.62. The third-order valence-electron chi connectivity index (χ3n) is 6.64. The van der Waals surface area contributed by atoms with Gasteiger partial charge in [0.05, 0.1) is 0 Å².